The molecule has 2 rings (SSSR count). The van der Waals surface area contributed by atoms with Crippen molar-refractivity contribution in [3.8, 4) is 5.75 Å². The first kappa shape index (κ1) is 9.93. The molecule has 1 heterocycles. The molecule has 1 aromatic heterocycles. The van der Waals surface area contributed by atoms with Gasteiger partial charge in [0.15, 0.2) is 5.82 Å². The van der Waals surface area contributed by atoms with Crippen LogP contribution in [0.1, 0.15) is 5.82 Å². The molecule has 0 bridgehead atoms. The molecule has 1 aromatic carbocycles. The van der Waals surface area contributed by atoms with Crippen LogP contribution in [0.3, 0.4) is 0 Å². The van der Waals surface area contributed by atoms with E-state index in [0.717, 1.165) is 5.75 Å². The Morgan fingerprint density at radius 1 is 1.07 bits per heavy atom. The molecule has 0 aliphatic rings. The fourth-order valence-electron chi connectivity index (χ4n) is 1.08. The monoisotopic (exact) mass is 220 g/mol. The van der Waals surface area contributed by atoms with Crippen LogP contribution >= 0.6 is 11.6 Å². The molecule has 0 aliphatic heterocycles. The summed E-state index contributed by atoms with van der Waals surface area (Å²) in [7, 11) is 0. The van der Waals surface area contributed by atoms with Crippen LogP contribution in [0.25, 0.3) is 0 Å². The van der Waals surface area contributed by atoms with Gasteiger partial charge in [0.2, 0.25) is 0 Å². The van der Waals surface area contributed by atoms with Crippen molar-refractivity contribution in [3.05, 3.63) is 53.6 Å². The van der Waals surface area contributed by atoms with Gasteiger partial charge in [0.1, 0.15) is 12.4 Å². The molecule has 0 saturated carbocycles. The van der Waals surface area contributed by atoms with Crippen molar-refractivity contribution in [2.24, 2.45) is 0 Å². The summed E-state index contributed by atoms with van der Waals surface area (Å²) in [5.41, 5.74) is 0. The van der Waals surface area contributed by atoms with Gasteiger partial charge in [-0.15, -0.1) is 0 Å². The molecule has 0 amide bonds. The van der Waals surface area contributed by atoms with E-state index < -0.39 is 0 Å². The third kappa shape index (κ3) is 2.92. The Balaban J connectivity index is 1.96. The Bertz CT molecular complexity index is 416. The maximum atomic E-state index is 5.75. The fourth-order valence-corrected chi connectivity index (χ4v) is 1.21. The first-order valence-electron chi connectivity index (χ1n) is 4.49. The molecule has 0 N–H and O–H groups in total. The lowest BCUT2D eigenvalue weighted by Crippen LogP contribution is -1.99. The van der Waals surface area contributed by atoms with Crippen molar-refractivity contribution in [3.63, 3.8) is 0 Å². The maximum Gasteiger partial charge on any atom is 0.166 e. The van der Waals surface area contributed by atoms with Gasteiger partial charge in [-0.25, -0.2) is 9.97 Å². The second-order valence-electron chi connectivity index (χ2n) is 2.91. The van der Waals surface area contributed by atoms with E-state index in [2.05, 4.69) is 9.97 Å². The lowest BCUT2D eigenvalue weighted by molar-refractivity contribution is 0.296. The highest BCUT2D eigenvalue weighted by Gasteiger charge is 1.97. The van der Waals surface area contributed by atoms with E-state index in [1.807, 2.05) is 12.1 Å². The SMILES string of the molecule is Clc1ccc(OCc2ncccn2)cc1. The molecule has 76 valence electrons. The van der Waals surface area contributed by atoms with Gasteiger partial charge in [0.25, 0.3) is 0 Å². The van der Waals surface area contributed by atoms with Gasteiger partial charge in [-0.2, -0.15) is 0 Å². The Labute approximate surface area is 92.7 Å². The summed E-state index contributed by atoms with van der Waals surface area (Å²) in [6, 6.07) is 8.95. The normalized spacial score (nSPS) is 9.93. The number of hydrogen-bond donors (Lipinski definition) is 0. The smallest absolute Gasteiger partial charge is 0.166 e. The fraction of sp³-hybridized carbons (Fsp3) is 0.0909. The summed E-state index contributed by atoms with van der Waals surface area (Å²) in [6.45, 7) is 0.364. The van der Waals surface area contributed by atoms with Gasteiger partial charge < -0.3 is 4.74 Å². The summed E-state index contributed by atoms with van der Waals surface area (Å²) in [5, 5.41) is 0.693. The summed E-state index contributed by atoms with van der Waals surface area (Å²) >= 11 is 5.75. The van der Waals surface area contributed by atoms with Crippen LogP contribution < -0.4 is 4.74 Å². The van der Waals surface area contributed by atoms with E-state index >= 15 is 0 Å². The zero-order valence-corrected chi connectivity index (χ0v) is 8.69. The number of rotatable bonds is 3. The molecule has 0 aliphatic carbocycles. The van der Waals surface area contributed by atoms with E-state index in [1.54, 1.807) is 30.6 Å². The maximum absolute atomic E-state index is 5.75. The highest BCUT2D eigenvalue weighted by atomic mass is 35.5. The summed E-state index contributed by atoms with van der Waals surface area (Å²) in [6.07, 6.45) is 3.38. The summed E-state index contributed by atoms with van der Waals surface area (Å²) in [4.78, 5) is 8.10. The summed E-state index contributed by atoms with van der Waals surface area (Å²) in [5.74, 6) is 1.42. The minimum atomic E-state index is 0.364. The molecule has 2 aromatic rings. The first-order chi connectivity index (χ1) is 7.34. The van der Waals surface area contributed by atoms with Crippen LogP contribution in [-0.2, 0) is 6.61 Å². The standard InChI is InChI=1S/C11H9ClN2O/c12-9-2-4-10(5-3-9)15-8-11-13-6-1-7-14-11/h1-7H,8H2. The van der Waals surface area contributed by atoms with E-state index in [1.165, 1.54) is 0 Å². The number of ether oxygens (including phenoxy) is 1. The van der Waals surface area contributed by atoms with E-state index in [0.29, 0.717) is 17.5 Å². The highest BCUT2D eigenvalue weighted by Crippen LogP contribution is 2.16. The van der Waals surface area contributed by atoms with Crippen LogP contribution in [0.15, 0.2) is 42.7 Å². The third-order valence-electron chi connectivity index (χ3n) is 1.80. The highest BCUT2D eigenvalue weighted by molar-refractivity contribution is 6.30. The zero-order chi connectivity index (χ0) is 10.5. The number of halogens is 1. The Morgan fingerprint density at radius 2 is 1.73 bits per heavy atom. The van der Waals surface area contributed by atoms with E-state index in [-0.39, 0.29) is 0 Å². The number of nitrogens with zero attached hydrogens (tertiary/aromatic N) is 2. The Hall–Kier alpha value is -1.61. The third-order valence-corrected chi connectivity index (χ3v) is 2.05. The Kier molecular flexibility index (Phi) is 3.15. The predicted molar refractivity (Wildman–Crippen MR) is 57.8 cm³/mol. The lowest BCUT2D eigenvalue weighted by Gasteiger charge is -2.04. The van der Waals surface area contributed by atoms with Crippen LogP contribution in [0.5, 0.6) is 5.75 Å². The molecule has 4 heteroatoms. The van der Waals surface area contributed by atoms with Crippen molar-refractivity contribution in [2.75, 3.05) is 0 Å². The molecule has 0 unspecified atom stereocenters. The van der Waals surface area contributed by atoms with Gasteiger partial charge in [-0.1, -0.05) is 11.6 Å². The molecule has 0 radical (unpaired) electrons. The van der Waals surface area contributed by atoms with Crippen molar-refractivity contribution in [2.45, 2.75) is 6.61 Å². The molecule has 0 spiro atoms. The second-order valence-corrected chi connectivity index (χ2v) is 3.34. The van der Waals surface area contributed by atoms with Crippen molar-refractivity contribution < 1.29 is 4.74 Å². The topological polar surface area (TPSA) is 35.0 Å². The quantitative estimate of drug-likeness (QED) is 0.798. The van der Waals surface area contributed by atoms with Crippen molar-refractivity contribution in [1.82, 2.24) is 9.97 Å². The molecule has 15 heavy (non-hydrogen) atoms. The molecule has 3 nitrogen and oxygen atoms in total. The van der Waals surface area contributed by atoms with E-state index in [4.69, 9.17) is 16.3 Å². The van der Waals surface area contributed by atoms with Gasteiger partial charge in [0, 0.05) is 17.4 Å². The molecular formula is C11H9ClN2O. The minimum Gasteiger partial charge on any atom is -0.486 e. The first-order valence-corrected chi connectivity index (χ1v) is 4.86. The van der Waals surface area contributed by atoms with Crippen molar-refractivity contribution >= 4 is 11.6 Å². The van der Waals surface area contributed by atoms with E-state index in [9.17, 15) is 0 Å². The number of benzene rings is 1. The zero-order valence-electron chi connectivity index (χ0n) is 7.93. The molecule has 0 saturated heterocycles. The second kappa shape index (κ2) is 4.75. The predicted octanol–water partition coefficient (Wildman–Crippen LogP) is 2.71. The lowest BCUT2D eigenvalue weighted by atomic mass is 10.3. The summed E-state index contributed by atoms with van der Waals surface area (Å²) < 4.78 is 5.46. The average molecular weight is 221 g/mol. The van der Waals surface area contributed by atoms with Crippen molar-refractivity contribution in [1.29, 1.82) is 0 Å². The van der Waals surface area contributed by atoms with Crippen LogP contribution in [0, 0.1) is 0 Å². The van der Waals surface area contributed by atoms with Gasteiger partial charge in [0.05, 0.1) is 0 Å². The number of hydrogen-bond acceptors (Lipinski definition) is 3. The number of aromatic nitrogens is 2. The van der Waals surface area contributed by atoms with Gasteiger partial charge in [-0.05, 0) is 30.3 Å². The van der Waals surface area contributed by atoms with Crippen LogP contribution in [0.2, 0.25) is 5.02 Å². The Morgan fingerprint density at radius 3 is 2.40 bits per heavy atom. The van der Waals surface area contributed by atoms with Crippen LogP contribution in [0.4, 0.5) is 0 Å². The average Bonchev–Trinajstić information content (AvgIpc) is 2.30. The molecule has 0 atom stereocenters. The van der Waals surface area contributed by atoms with Gasteiger partial charge >= 0.3 is 0 Å². The molecular weight excluding hydrogens is 212 g/mol. The minimum absolute atomic E-state index is 0.364. The largest absolute Gasteiger partial charge is 0.486 e. The molecule has 0 fully saturated rings. The van der Waals surface area contributed by atoms with Crippen LogP contribution in [-0.4, -0.2) is 9.97 Å². The van der Waals surface area contributed by atoms with Gasteiger partial charge in [-0.3, -0.25) is 0 Å².